The Hall–Kier alpha value is -2.38. The molecule has 1 saturated heterocycles. The molecule has 0 amide bonds. The smallest absolute Gasteiger partial charge is 0.187 e. The first kappa shape index (κ1) is 21.8. The number of imidazole rings is 1. The number of aromatic nitrogens is 2. The zero-order valence-corrected chi connectivity index (χ0v) is 18.3. The summed E-state index contributed by atoms with van der Waals surface area (Å²) >= 11 is 5.94. The van der Waals surface area contributed by atoms with Crippen LogP contribution in [0.25, 0.3) is 0 Å². The van der Waals surface area contributed by atoms with Crippen LogP contribution in [0.3, 0.4) is 0 Å². The number of hydrogen-bond donors (Lipinski definition) is 0. The third-order valence-electron chi connectivity index (χ3n) is 5.34. The Balaban J connectivity index is 1.35. The topological polar surface area (TPSA) is 54.7 Å². The molecule has 0 N–H and O–H groups in total. The minimum atomic E-state index is -0.713. The van der Waals surface area contributed by atoms with Gasteiger partial charge in [0, 0.05) is 23.8 Å². The Bertz CT molecular complexity index is 931. The first-order valence-corrected chi connectivity index (χ1v) is 10.7. The molecule has 0 aliphatic carbocycles. The zero-order valence-electron chi connectivity index (χ0n) is 17.6. The van der Waals surface area contributed by atoms with Crippen molar-refractivity contribution in [2.75, 3.05) is 20.3 Å². The molecule has 1 aliphatic rings. The van der Waals surface area contributed by atoms with E-state index in [1.807, 2.05) is 47.2 Å². The van der Waals surface area contributed by atoms with E-state index in [1.54, 1.807) is 19.6 Å². The predicted octanol–water partition coefficient (Wildman–Crippen LogP) is 4.51. The summed E-state index contributed by atoms with van der Waals surface area (Å²) in [6.07, 6.45) is 6.91. The standard InChI is InChI=1S/C24H27ClN2O4/c1-28-22-8-4-19(5-9-22)10-11-24(17-27-13-12-26-18-27)30-16-23(31-24)15-29-14-20-2-6-21(25)7-3-20/h2-9,12-13,18,23H,10-11,14-17H2,1H3. The molecule has 4 rings (SSSR count). The third-order valence-corrected chi connectivity index (χ3v) is 5.59. The van der Waals surface area contributed by atoms with Crippen LogP contribution in [0.15, 0.2) is 67.3 Å². The Morgan fingerprint density at radius 1 is 1.13 bits per heavy atom. The Morgan fingerprint density at radius 3 is 2.61 bits per heavy atom. The summed E-state index contributed by atoms with van der Waals surface area (Å²) < 4.78 is 25.7. The van der Waals surface area contributed by atoms with E-state index in [0.29, 0.717) is 26.4 Å². The minimum absolute atomic E-state index is 0.119. The van der Waals surface area contributed by atoms with E-state index in [4.69, 9.17) is 30.5 Å². The van der Waals surface area contributed by atoms with Crippen molar-refractivity contribution in [1.29, 1.82) is 0 Å². The fourth-order valence-electron chi connectivity index (χ4n) is 3.67. The van der Waals surface area contributed by atoms with Crippen molar-refractivity contribution in [3.05, 3.63) is 83.4 Å². The van der Waals surface area contributed by atoms with E-state index >= 15 is 0 Å². The Labute approximate surface area is 187 Å². The van der Waals surface area contributed by atoms with Gasteiger partial charge in [-0.1, -0.05) is 35.9 Å². The summed E-state index contributed by atoms with van der Waals surface area (Å²) in [5.74, 6) is 0.137. The van der Waals surface area contributed by atoms with Crippen molar-refractivity contribution in [3.8, 4) is 5.75 Å². The molecule has 2 unspecified atom stereocenters. The second kappa shape index (κ2) is 10.3. The highest BCUT2D eigenvalue weighted by molar-refractivity contribution is 6.30. The van der Waals surface area contributed by atoms with Gasteiger partial charge in [0.15, 0.2) is 5.79 Å². The molecule has 6 nitrogen and oxygen atoms in total. The maximum atomic E-state index is 6.40. The number of benzene rings is 2. The molecule has 3 aromatic rings. The first-order valence-electron chi connectivity index (χ1n) is 10.4. The predicted molar refractivity (Wildman–Crippen MR) is 118 cm³/mol. The van der Waals surface area contributed by atoms with Crippen molar-refractivity contribution < 1.29 is 18.9 Å². The van der Waals surface area contributed by atoms with E-state index < -0.39 is 5.79 Å². The maximum Gasteiger partial charge on any atom is 0.187 e. The largest absolute Gasteiger partial charge is 0.497 e. The monoisotopic (exact) mass is 442 g/mol. The normalized spacial score (nSPS) is 20.8. The summed E-state index contributed by atoms with van der Waals surface area (Å²) in [7, 11) is 1.67. The molecule has 1 fully saturated rings. The number of halogens is 1. The molecule has 1 aliphatic heterocycles. The average molecular weight is 443 g/mol. The van der Waals surface area contributed by atoms with Gasteiger partial charge in [-0.3, -0.25) is 0 Å². The second-order valence-electron chi connectivity index (χ2n) is 7.69. The molecule has 2 heterocycles. The number of hydrogen-bond acceptors (Lipinski definition) is 5. The van der Waals surface area contributed by atoms with Crippen molar-refractivity contribution in [2.45, 2.75) is 37.9 Å². The lowest BCUT2D eigenvalue weighted by molar-refractivity contribution is -0.187. The first-order chi connectivity index (χ1) is 15.1. The van der Waals surface area contributed by atoms with Gasteiger partial charge in [0.25, 0.3) is 0 Å². The number of rotatable bonds is 10. The van der Waals surface area contributed by atoms with Crippen LogP contribution in [-0.2, 0) is 33.8 Å². The van der Waals surface area contributed by atoms with Gasteiger partial charge in [0.2, 0.25) is 0 Å². The van der Waals surface area contributed by atoms with Crippen molar-refractivity contribution >= 4 is 11.6 Å². The van der Waals surface area contributed by atoms with Crippen molar-refractivity contribution in [3.63, 3.8) is 0 Å². The van der Waals surface area contributed by atoms with Crippen LogP contribution in [0, 0.1) is 0 Å². The lowest BCUT2D eigenvalue weighted by atomic mass is 10.0. The molecular formula is C24H27ClN2O4. The highest BCUT2D eigenvalue weighted by atomic mass is 35.5. The fraction of sp³-hybridized carbons (Fsp3) is 0.375. The van der Waals surface area contributed by atoms with Gasteiger partial charge in [0.05, 0.1) is 39.8 Å². The lowest BCUT2D eigenvalue weighted by Crippen LogP contribution is -2.37. The van der Waals surface area contributed by atoms with Gasteiger partial charge in [-0.15, -0.1) is 0 Å². The molecule has 0 radical (unpaired) electrons. The van der Waals surface area contributed by atoms with Crippen LogP contribution in [0.4, 0.5) is 0 Å². The summed E-state index contributed by atoms with van der Waals surface area (Å²) in [6, 6.07) is 15.8. The maximum absolute atomic E-state index is 6.40. The van der Waals surface area contributed by atoms with Crippen LogP contribution in [0.1, 0.15) is 17.5 Å². The lowest BCUT2D eigenvalue weighted by Gasteiger charge is -2.28. The molecule has 2 atom stereocenters. The van der Waals surface area contributed by atoms with Gasteiger partial charge in [-0.2, -0.15) is 0 Å². The fourth-order valence-corrected chi connectivity index (χ4v) is 3.79. The van der Waals surface area contributed by atoms with Crippen molar-refractivity contribution in [2.24, 2.45) is 0 Å². The Morgan fingerprint density at radius 2 is 1.90 bits per heavy atom. The zero-order chi connectivity index (χ0) is 21.5. The molecule has 7 heteroatoms. The van der Waals surface area contributed by atoms with Crippen LogP contribution < -0.4 is 4.74 Å². The van der Waals surface area contributed by atoms with Gasteiger partial charge in [-0.05, 0) is 41.8 Å². The van der Waals surface area contributed by atoms with E-state index in [-0.39, 0.29) is 6.10 Å². The molecule has 164 valence electrons. The van der Waals surface area contributed by atoms with E-state index in [0.717, 1.165) is 29.2 Å². The number of methoxy groups -OCH3 is 1. The van der Waals surface area contributed by atoms with Crippen LogP contribution in [0.2, 0.25) is 5.02 Å². The van der Waals surface area contributed by atoms with Crippen LogP contribution in [0.5, 0.6) is 5.75 Å². The summed E-state index contributed by atoms with van der Waals surface area (Å²) in [5.41, 5.74) is 2.29. The highest BCUT2D eigenvalue weighted by Crippen LogP contribution is 2.31. The SMILES string of the molecule is COc1ccc(CCC2(Cn3ccnc3)OCC(COCc3ccc(Cl)cc3)O2)cc1. The van der Waals surface area contributed by atoms with E-state index in [9.17, 15) is 0 Å². The third kappa shape index (κ3) is 6.08. The summed E-state index contributed by atoms with van der Waals surface area (Å²) in [4.78, 5) is 4.14. The molecular weight excluding hydrogens is 416 g/mol. The average Bonchev–Trinajstić information content (AvgIpc) is 3.45. The quantitative estimate of drug-likeness (QED) is 0.462. The van der Waals surface area contributed by atoms with Crippen LogP contribution >= 0.6 is 11.6 Å². The molecule has 1 aromatic heterocycles. The summed E-state index contributed by atoms with van der Waals surface area (Å²) in [6.45, 7) is 2.06. The molecule has 0 saturated carbocycles. The molecule has 0 spiro atoms. The molecule has 0 bridgehead atoms. The minimum Gasteiger partial charge on any atom is -0.497 e. The van der Waals surface area contributed by atoms with Crippen LogP contribution in [-0.4, -0.2) is 41.8 Å². The highest BCUT2D eigenvalue weighted by Gasteiger charge is 2.41. The van der Waals surface area contributed by atoms with Crippen molar-refractivity contribution in [1.82, 2.24) is 9.55 Å². The van der Waals surface area contributed by atoms with Gasteiger partial charge in [0.1, 0.15) is 11.9 Å². The number of ether oxygens (including phenoxy) is 4. The van der Waals surface area contributed by atoms with E-state index in [1.165, 1.54) is 5.56 Å². The Kier molecular flexibility index (Phi) is 7.25. The van der Waals surface area contributed by atoms with E-state index in [2.05, 4.69) is 17.1 Å². The van der Waals surface area contributed by atoms with Gasteiger partial charge < -0.3 is 23.5 Å². The second-order valence-corrected chi connectivity index (χ2v) is 8.12. The van der Waals surface area contributed by atoms with Gasteiger partial charge in [-0.25, -0.2) is 4.98 Å². The number of aryl methyl sites for hydroxylation is 1. The number of nitrogens with zero attached hydrogens (tertiary/aromatic N) is 2. The summed E-state index contributed by atoms with van der Waals surface area (Å²) in [5, 5.41) is 0.720. The molecule has 31 heavy (non-hydrogen) atoms. The molecule has 2 aromatic carbocycles. The van der Waals surface area contributed by atoms with Gasteiger partial charge >= 0.3 is 0 Å².